The van der Waals surface area contributed by atoms with Crippen LogP contribution in [0.3, 0.4) is 0 Å². The summed E-state index contributed by atoms with van der Waals surface area (Å²) in [4.78, 5) is 52.2. The number of thioether (sulfide) groups is 1. The average Bonchev–Trinajstić information content (AvgIpc) is 3.14. The van der Waals surface area contributed by atoms with Crippen LogP contribution in [-0.2, 0) is 9.59 Å². The summed E-state index contributed by atoms with van der Waals surface area (Å²) in [6.45, 7) is -0.669. The van der Waals surface area contributed by atoms with E-state index in [1.54, 1.807) is 6.07 Å². The van der Waals surface area contributed by atoms with Crippen LogP contribution in [0.2, 0.25) is 0 Å². The van der Waals surface area contributed by atoms with Gasteiger partial charge in [-0.05, 0) is 47.7 Å². The van der Waals surface area contributed by atoms with Crippen LogP contribution in [0, 0.1) is 21.7 Å². The summed E-state index contributed by atoms with van der Waals surface area (Å²) in [6, 6.07) is 9.73. The van der Waals surface area contributed by atoms with Crippen LogP contribution >= 0.6 is 11.8 Å². The highest BCUT2D eigenvalue weighted by atomic mass is 32.2. The first kappa shape index (κ1) is 26.2. The summed E-state index contributed by atoms with van der Waals surface area (Å²) in [5.74, 6) is -2.83. The fraction of sp³-hybridized carbons (Fsp3) is 0.0833. The second-order valence-corrected chi connectivity index (χ2v) is 8.56. The van der Waals surface area contributed by atoms with E-state index < -0.39 is 40.2 Å². The van der Waals surface area contributed by atoms with E-state index in [2.05, 4.69) is 10.3 Å². The highest BCUT2D eigenvalue weighted by molar-refractivity contribution is 8.18. The third kappa shape index (κ3) is 5.92. The van der Waals surface area contributed by atoms with Gasteiger partial charge >= 0.3 is 0 Å². The lowest BCUT2D eigenvalue weighted by molar-refractivity contribution is -0.385. The summed E-state index contributed by atoms with van der Waals surface area (Å²) < 4.78 is 37.8. The monoisotopic (exact) mass is 542 g/mol. The van der Waals surface area contributed by atoms with Gasteiger partial charge in [0.2, 0.25) is 11.8 Å². The summed E-state index contributed by atoms with van der Waals surface area (Å²) in [5, 5.41) is 12.3. The van der Waals surface area contributed by atoms with Crippen LogP contribution in [0.1, 0.15) is 5.56 Å². The van der Waals surface area contributed by atoms with E-state index in [0.717, 1.165) is 18.3 Å². The molecule has 2 aromatic carbocycles. The first-order valence-corrected chi connectivity index (χ1v) is 11.4. The number of nitrogens with one attached hydrogen (secondary N) is 1. The van der Waals surface area contributed by atoms with Gasteiger partial charge in [-0.2, -0.15) is 0 Å². The number of nitro groups is 1. The fourth-order valence-corrected chi connectivity index (χ4v) is 4.06. The number of ether oxygens (including phenoxy) is 2. The van der Waals surface area contributed by atoms with Crippen LogP contribution in [-0.4, -0.2) is 45.5 Å². The Hall–Kier alpha value is -4.85. The van der Waals surface area contributed by atoms with Crippen molar-refractivity contribution in [3.63, 3.8) is 0 Å². The molecule has 3 amide bonds. The molecule has 0 saturated carbocycles. The maximum absolute atomic E-state index is 13.8. The van der Waals surface area contributed by atoms with E-state index in [0.29, 0.717) is 28.3 Å². The molecule has 194 valence electrons. The van der Waals surface area contributed by atoms with Gasteiger partial charge in [0.15, 0.2) is 11.5 Å². The Labute approximate surface area is 217 Å². The number of aromatic nitrogens is 1. The third-order valence-corrected chi connectivity index (χ3v) is 5.92. The summed E-state index contributed by atoms with van der Waals surface area (Å²) in [7, 11) is 1.38. The van der Waals surface area contributed by atoms with E-state index >= 15 is 0 Å². The zero-order chi connectivity index (χ0) is 27.4. The molecule has 3 aromatic rings. The van der Waals surface area contributed by atoms with Crippen molar-refractivity contribution >= 4 is 46.3 Å². The second-order valence-electron chi connectivity index (χ2n) is 7.56. The molecule has 1 N–H and O–H groups in total. The van der Waals surface area contributed by atoms with Gasteiger partial charge in [-0.1, -0.05) is 6.07 Å². The minimum Gasteiger partial charge on any atom is -0.493 e. The Balaban J connectivity index is 1.45. The lowest BCUT2D eigenvalue weighted by atomic mass is 10.2. The fourth-order valence-electron chi connectivity index (χ4n) is 3.22. The predicted molar refractivity (Wildman–Crippen MR) is 132 cm³/mol. The molecule has 0 radical (unpaired) electrons. The zero-order valence-corrected chi connectivity index (χ0v) is 20.2. The van der Waals surface area contributed by atoms with Crippen molar-refractivity contribution in [2.45, 2.75) is 0 Å². The van der Waals surface area contributed by atoms with Crippen LogP contribution in [0.25, 0.3) is 6.08 Å². The van der Waals surface area contributed by atoms with E-state index in [1.807, 2.05) is 0 Å². The standard InChI is InChI=1S/C24H16F2N4O7S/c1-36-19-8-13(2-6-18(19)37-22-7-4-15(11-27-22)30(34)35)9-20-23(32)29(24(33)38-20)12-21(31)28-17-5-3-14(25)10-16(17)26/h2-11H,12H2,1H3,(H,28,31)/b20-9+. The number of hydrogen-bond acceptors (Lipinski definition) is 9. The van der Waals surface area contributed by atoms with Gasteiger partial charge in [0.25, 0.3) is 16.8 Å². The Morgan fingerprint density at radius 2 is 1.95 bits per heavy atom. The van der Waals surface area contributed by atoms with Gasteiger partial charge < -0.3 is 14.8 Å². The molecule has 1 aliphatic heterocycles. The minimum absolute atomic E-state index is 0.0310. The molecule has 1 saturated heterocycles. The molecule has 11 nitrogen and oxygen atoms in total. The van der Waals surface area contributed by atoms with Crippen molar-refractivity contribution in [3.05, 3.63) is 86.9 Å². The molecular weight excluding hydrogens is 526 g/mol. The Kier molecular flexibility index (Phi) is 7.62. The van der Waals surface area contributed by atoms with Gasteiger partial charge in [0.1, 0.15) is 24.4 Å². The van der Waals surface area contributed by atoms with Gasteiger partial charge in [-0.3, -0.25) is 29.4 Å². The smallest absolute Gasteiger partial charge is 0.294 e. The highest BCUT2D eigenvalue weighted by Gasteiger charge is 2.36. The minimum atomic E-state index is -1.00. The van der Waals surface area contributed by atoms with Crippen molar-refractivity contribution in [2.24, 2.45) is 0 Å². The van der Waals surface area contributed by atoms with Crippen molar-refractivity contribution in [2.75, 3.05) is 19.0 Å². The van der Waals surface area contributed by atoms with E-state index in [9.17, 15) is 33.3 Å². The van der Waals surface area contributed by atoms with Crippen LogP contribution in [0.4, 0.5) is 25.0 Å². The van der Waals surface area contributed by atoms with E-state index in [4.69, 9.17) is 9.47 Å². The SMILES string of the molecule is COc1cc(/C=C2/SC(=O)N(CC(=O)Nc3ccc(F)cc3F)C2=O)ccc1Oc1ccc([N+](=O)[O-])cn1. The van der Waals surface area contributed by atoms with Crippen molar-refractivity contribution in [3.8, 4) is 17.4 Å². The van der Waals surface area contributed by atoms with Crippen molar-refractivity contribution in [1.29, 1.82) is 0 Å². The van der Waals surface area contributed by atoms with Gasteiger partial charge in [-0.15, -0.1) is 0 Å². The number of carbonyl (C=O) groups is 3. The number of nitrogens with zero attached hydrogens (tertiary/aromatic N) is 3. The number of carbonyl (C=O) groups excluding carboxylic acids is 3. The van der Waals surface area contributed by atoms with Crippen LogP contribution in [0.15, 0.2) is 59.6 Å². The topological polar surface area (TPSA) is 141 Å². The molecule has 0 unspecified atom stereocenters. The number of hydrogen-bond donors (Lipinski definition) is 1. The largest absolute Gasteiger partial charge is 0.493 e. The summed E-state index contributed by atoms with van der Waals surface area (Å²) >= 11 is 0.612. The van der Waals surface area contributed by atoms with Gasteiger partial charge in [0.05, 0.1) is 22.6 Å². The van der Waals surface area contributed by atoms with E-state index in [1.165, 1.54) is 37.5 Å². The third-order valence-electron chi connectivity index (χ3n) is 5.01. The van der Waals surface area contributed by atoms with Gasteiger partial charge in [-0.25, -0.2) is 13.8 Å². The van der Waals surface area contributed by atoms with Gasteiger partial charge in [0, 0.05) is 18.2 Å². The quantitative estimate of drug-likeness (QED) is 0.243. The summed E-state index contributed by atoms with van der Waals surface area (Å²) in [5.41, 5.74) is -0.0276. The number of halogens is 2. The molecule has 2 heterocycles. The predicted octanol–water partition coefficient (Wildman–Crippen LogP) is 4.74. The highest BCUT2D eigenvalue weighted by Crippen LogP contribution is 2.36. The number of pyridine rings is 1. The lowest BCUT2D eigenvalue weighted by Crippen LogP contribution is -2.36. The maximum atomic E-state index is 13.8. The number of methoxy groups -OCH3 is 1. The maximum Gasteiger partial charge on any atom is 0.294 e. The molecule has 14 heteroatoms. The first-order chi connectivity index (χ1) is 18.1. The Morgan fingerprint density at radius 1 is 1.16 bits per heavy atom. The van der Waals surface area contributed by atoms with Crippen molar-refractivity contribution in [1.82, 2.24) is 9.88 Å². The molecule has 0 spiro atoms. The molecule has 1 fully saturated rings. The summed E-state index contributed by atoms with van der Waals surface area (Å²) in [6.07, 6.45) is 2.46. The number of anilines is 1. The van der Waals surface area contributed by atoms with E-state index in [-0.39, 0.29) is 33.7 Å². The average molecular weight is 542 g/mol. The molecule has 1 aliphatic rings. The molecule has 0 aliphatic carbocycles. The normalized spacial score (nSPS) is 14.1. The van der Waals surface area contributed by atoms with Crippen LogP contribution in [0.5, 0.6) is 17.4 Å². The van der Waals surface area contributed by atoms with Crippen molar-refractivity contribution < 1.29 is 37.6 Å². The Bertz CT molecular complexity index is 1480. The number of rotatable bonds is 8. The lowest BCUT2D eigenvalue weighted by Gasteiger charge is -2.13. The molecule has 0 atom stereocenters. The second kappa shape index (κ2) is 11.0. The molecule has 38 heavy (non-hydrogen) atoms. The van der Waals surface area contributed by atoms with Crippen LogP contribution < -0.4 is 14.8 Å². The molecule has 4 rings (SSSR count). The number of imide groups is 1. The number of amides is 3. The Morgan fingerprint density at radius 3 is 2.61 bits per heavy atom. The zero-order valence-electron chi connectivity index (χ0n) is 19.3. The molecule has 0 bridgehead atoms. The molecule has 1 aromatic heterocycles. The number of benzene rings is 2. The first-order valence-electron chi connectivity index (χ1n) is 10.6. The molecular formula is C24H16F2N4O7S.